The largest absolute Gasteiger partial charge is 0.369 e. The smallest absolute Gasteiger partial charge is 0.248 e. The van der Waals surface area contributed by atoms with Crippen molar-refractivity contribution in [1.82, 2.24) is 14.7 Å². The van der Waals surface area contributed by atoms with Crippen molar-refractivity contribution in [2.24, 2.45) is 0 Å². The van der Waals surface area contributed by atoms with E-state index < -0.39 is 15.9 Å². The lowest BCUT2D eigenvalue weighted by Crippen LogP contribution is -2.62. The van der Waals surface area contributed by atoms with Crippen molar-refractivity contribution in [3.8, 4) is 0 Å². The molecule has 138 valence electrons. The molecular weight excluding hydrogens is 334 g/mol. The molecule has 2 rings (SSSR count). The first-order valence-corrected chi connectivity index (χ1v) is 9.98. The lowest BCUT2D eigenvalue weighted by atomic mass is 10.0. The predicted molar refractivity (Wildman–Crippen MR) is 89.3 cm³/mol. The number of carbonyl (C=O) groups excluding carboxylic acids is 2. The van der Waals surface area contributed by atoms with Gasteiger partial charge in [-0.2, -0.15) is 0 Å². The normalized spacial score (nSPS) is 26.5. The fraction of sp³-hybridized carbons (Fsp3) is 0.867. The fourth-order valence-electron chi connectivity index (χ4n) is 3.17. The first kappa shape index (κ1) is 19.1. The number of sulfone groups is 1. The SMILES string of the molecule is CC(C)OCC(=O)N1CCN(CC(=O)N(C)C)[C@@H]2CS(=O)(=O)C[C@@H]21. The van der Waals surface area contributed by atoms with E-state index in [1.54, 1.807) is 19.0 Å². The van der Waals surface area contributed by atoms with Crippen LogP contribution in [0.5, 0.6) is 0 Å². The van der Waals surface area contributed by atoms with E-state index in [4.69, 9.17) is 4.74 Å². The van der Waals surface area contributed by atoms with Gasteiger partial charge in [-0.05, 0) is 13.8 Å². The maximum absolute atomic E-state index is 12.4. The molecule has 0 N–H and O–H groups in total. The number of hydrogen-bond acceptors (Lipinski definition) is 6. The summed E-state index contributed by atoms with van der Waals surface area (Å²) in [5.41, 5.74) is 0. The summed E-state index contributed by atoms with van der Waals surface area (Å²) < 4.78 is 29.6. The molecule has 0 saturated carbocycles. The van der Waals surface area contributed by atoms with Crippen molar-refractivity contribution in [3.63, 3.8) is 0 Å². The number of hydrogen-bond donors (Lipinski definition) is 0. The number of rotatable bonds is 5. The second-order valence-electron chi connectivity index (χ2n) is 6.92. The number of ether oxygens (including phenoxy) is 1. The Labute approximate surface area is 143 Å². The number of piperazine rings is 1. The summed E-state index contributed by atoms with van der Waals surface area (Å²) in [6.07, 6.45) is -0.0592. The van der Waals surface area contributed by atoms with Crippen LogP contribution in [-0.2, 0) is 24.2 Å². The number of amides is 2. The summed E-state index contributed by atoms with van der Waals surface area (Å²) >= 11 is 0. The average molecular weight is 361 g/mol. The van der Waals surface area contributed by atoms with E-state index in [2.05, 4.69) is 0 Å². The highest BCUT2D eigenvalue weighted by atomic mass is 32.2. The van der Waals surface area contributed by atoms with Crippen LogP contribution in [0.3, 0.4) is 0 Å². The predicted octanol–water partition coefficient (Wildman–Crippen LogP) is -1.19. The zero-order valence-corrected chi connectivity index (χ0v) is 15.6. The molecule has 0 aromatic rings. The van der Waals surface area contributed by atoms with Crippen molar-refractivity contribution in [2.45, 2.75) is 32.0 Å². The molecule has 0 aromatic carbocycles. The Hall–Kier alpha value is -1.19. The zero-order valence-electron chi connectivity index (χ0n) is 14.8. The minimum absolute atomic E-state index is 0.00675. The summed E-state index contributed by atoms with van der Waals surface area (Å²) in [4.78, 5) is 29.4. The maximum atomic E-state index is 12.4. The van der Waals surface area contributed by atoms with E-state index in [1.165, 1.54) is 4.90 Å². The summed E-state index contributed by atoms with van der Waals surface area (Å²) in [6, 6.07) is -0.724. The third kappa shape index (κ3) is 4.46. The first-order chi connectivity index (χ1) is 11.1. The van der Waals surface area contributed by atoms with E-state index in [0.717, 1.165) is 0 Å². The first-order valence-electron chi connectivity index (χ1n) is 8.16. The van der Waals surface area contributed by atoms with Gasteiger partial charge in [0, 0.05) is 33.2 Å². The summed E-state index contributed by atoms with van der Waals surface area (Å²) in [5.74, 6) is -0.305. The van der Waals surface area contributed by atoms with Gasteiger partial charge in [-0.15, -0.1) is 0 Å². The van der Waals surface area contributed by atoms with Crippen LogP contribution in [0.2, 0.25) is 0 Å². The van der Waals surface area contributed by atoms with Gasteiger partial charge >= 0.3 is 0 Å². The van der Waals surface area contributed by atoms with Gasteiger partial charge in [0.25, 0.3) is 0 Å². The highest BCUT2D eigenvalue weighted by Crippen LogP contribution is 2.27. The Morgan fingerprint density at radius 2 is 1.79 bits per heavy atom. The molecule has 0 spiro atoms. The van der Waals surface area contributed by atoms with Crippen molar-refractivity contribution in [1.29, 1.82) is 0 Å². The van der Waals surface area contributed by atoms with E-state index in [-0.39, 0.29) is 48.6 Å². The van der Waals surface area contributed by atoms with Gasteiger partial charge in [-0.3, -0.25) is 14.5 Å². The molecule has 2 fully saturated rings. The minimum atomic E-state index is -3.22. The van der Waals surface area contributed by atoms with Gasteiger partial charge < -0.3 is 14.5 Å². The maximum Gasteiger partial charge on any atom is 0.248 e. The van der Waals surface area contributed by atoms with E-state index in [0.29, 0.717) is 13.1 Å². The molecule has 8 nitrogen and oxygen atoms in total. The number of likely N-dealkylation sites (N-methyl/N-ethyl adjacent to an activating group) is 1. The molecule has 2 amide bonds. The summed E-state index contributed by atoms with van der Waals surface area (Å²) in [6.45, 7) is 4.73. The molecule has 0 aliphatic carbocycles. The average Bonchev–Trinajstić information content (AvgIpc) is 2.80. The van der Waals surface area contributed by atoms with Crippen LogP contribution < -0.4 is 0 Å². The zero-order chi connectivity index (χ0) is 18.1. The van der Waals surface area contributed by atoms with E-state index in [1.807, 2.05) is 18.7 Å². The Kier molecular flexibility index (Phi) is 5.87. The molecule has 2 saturated heterocycles. The molecule has 0 unspecified atom stereocenters. The molecule has 2 heterocycles. The monoisotopic (exact) mass is 361 g/mol. The lowest BCUT2D eigenvalue weighted by Gasteiger charge is -2.43. The van der Waals surface area contributed by atoms with Gasteiger partial charge in [0.15, 0.2) is 9.84 Å². The van der Waals surface area contributed by atoms with Crippen LogP contribution in [0.15, 0.2) is 0 Å². The van der Waals surface area contributed by atoms with E-state index in [9.17, 15) is 18.0 Å². The Bertz CT molecular complexity index is 590. The highest BCUT2D eigenvalue weighted by molar-refractivity contribution is 7.91. The third-order valence-corrected chi connectivity index (χ3v) is 6.19. The summed E-state index contributed by atoms with van der Waals surface area (Å²) in [7, 11) is 0.133. The summed E-state index contributed by atoms with van der Waals surface area (Å²) in [5, 5.41) is 0. The molecular formula is C15H27N3O5S. The quantitative estimate of drug-likeness (QED) is 0.612. The Morgan fingerprint density at radius 3 is 2.38 bits per heavy atom. The van der Waals surface area contributed by atoms with Gasteiger partial charge in [0.1, 0.15) is 6.61 Å². The van der Waals surface area contributed by atoms with Gasteiger partial charge in [-0.25, -0.2) is 8.42 Å². The molecule has 9 heteroatoms. The topological polar surface area (TPSA) is 87.2 Å². The third-order valence-electron chi connectivity index (χ3n) is 4.49. The molecule has 2 atom stereocenters. The van der Waals surface area contributed by atoms with Crippen LogP contribution in [0.4, 0.5) is 0 Å². The molecule has 0 radical (unpaired) electrons. The fourth-order valence-corrected chi connectivity index (χ4v) is 5.18. The lowest BCUT2D eigenvalue weighted by molar-refractivity contribution is -0.144. The Balaban J connectivity index is 2.12. The highest BCUT2D eigenvalue weighted by Gasteiger charge is 2.48. The molecule has 2 aliphatic rings. The van der Waals surface area contributed by atoms with Crippen LogP contribution >= 0.6 is 0 Å². The van der Waals surface area contributed by atoms with Crippen LogP contribution in [-0.4, -0.2) is 105 Å². The number of nitrogens with zero attached hydrogens (tertiary/aromatic N) is 3. The standard InChI is InChI=1S/C15H27N3O5S/c1-11(2)23-8-15(20)18-6-5-17(7-14(19)16(3)4)12-9-24(21,22)10-13(12)18/h11-13H,5-10H2,1-4H3/t12-,13+/m1/s1. The van der Waals surface area contributed by atoms with Crippen molar-refractivity contribution >= 4 is 21.7 Å². The molecule has 0 bridgehead atoms. The minimum Gasteiger partial charge on any atom is -0.369 e. The number of carbonyl (C=O) groups is 2. The second-order valence-corrected chi connectivity index (χ2v) is 9.07. The molecule has 2 aliphatic heterocycles. The van der Waals surface area contributed by atoms with Gasteiger partial charge in [0.05, 0.1) is 30.2 Å². The van der Waals surface area contributed by atoms with Crippen molar-refractivity contribution in [2.75, 3.05) is 51.8 Å². The van der Waals surface area contributed by atoms with E-state index >= 15 is 0 Å². The second kappa shape index (κ2) is 7.37. The van der Waals surface area contributed by atoms with Crippen LogP contribution in [0.25, 0.3) is 0 Å². The molecule has 24 heavy (non-hydrogen) atoms. The van der Waals surface area contributed by atoms with Crippen LogP contribution in [0.1, 0.15) is 13.8 Å². The van der Waals surface area contributed by atoms with Crippen molar-refractivity contribution in [3.05, 3.63) is 0 Å². The van der Waals surface area contributed by atoms with Gasteiger partial charge in [-0.1, -0.05) is 0 Å². The molecule has 0 aromatic heterocycles. The van der Waals surface area contributed by atoms with Crippen LogP contribution in [0, 0.1) is 0 Å². The number of fused-ring (bicyclic) bond motifs is 1. The van der Waals surface area contributed by atoms with Crippen molar-refractivity contribution < 1.29 is 22.7 Å². The van der Waals surface area contributed by atoms with Gasteiger partial charge in [0.2, 0.25) is 11.8 Å². The Morgan fingerprint density at radius 1 is 1.17 bits per heavy atom.